The molecule has 7 rings (SSSR count). The van der Waals surface area contributed by atoms with E-state index >= 15 is 0 Å². The molecule has 0 saturated carbocycles. The van der Waals surface area contributed by atoms with E-state index in [-0.39, 0.29) is 18.0 Å². The van der Waals surface area contributed by atoms with E-state index in [1.54, 1.807) is 21.3 Å². The minimum Gasteiger partial charge on any atom is -0.493 e. The van der Waals surface area contributed by atoms with Crippen molar-refractivity contribution in [2.45, 2.75) is 56.8 Å². The Morgan fingerprint density at radius 3 is 2.18 bits per heavy atom. The van der Waals surface area contributed by atoms with E-state index in [0.29, 0.717) is 36.0 Å². The van der Waals surface area contributed by atoms with Gasteiger partial charge in [0, 0.05) is 12.6 Å². The fraction of sp³-hybridized carbons (Fsp3) is 0.295. The molecular formula is C44H46N2O5. The van der Waals surface area contributed by atoms with E-state index in [0.717, 1.165) is 54.5 Å². The Balaban J connectivity index is 1.32. The molecular weight excluding hydrogens is 636 g/mol. The summed E-state index contributed by atoms with van der Waals surface area (Å²) in [6, 6.07) is 38.5. The highest BCUT2D eigenvalue weighted by Gasteiger charge is 2.38. The Bertz CT molecular complexity index is 1950. The van der Waals surface area contributed by atoms with Gasteiger partial charge >= 0.3 is 0 Å². The van der Waals surface area contributed by atoms with Gasteiger partial charge in [-0.1, -0.05) is 91.0 Å². The number of amides is 1. The molecule has 0 radical (unpaired) electrons. The fourth-order valence-corrected chi connectivity index (χ4v) is 7.79. The first kappa shape index (κ1) is 34.2. The topological polar surface area (TPSA) is 69.3 Å². The number of nitrogens with zero attached hydrogens (tertiary/aromatic N) is 1. The fourth-order valence-electron chi connectivity index (χ4n) is 7.79. The number of rotatable bonds is 12. The number of hydrogen-bond donors (Lipinski definition) is 1. The van der Waals surface area contributed by atoms with Crippen LogP contribution in [0.3, 0.4) is 0 Å². The molecule has 5 aromatic rings. The standard InChI is InChI=1S/C44H46N2O5/c1-48-39-23-20-31(26-40(39)49-2)25-38-36-28-42(51-29-30-13-6-4-7-14-30)41(50-3)27-34(36)18-12-24-46(38)43(33-16-8-5-9-17-33)44(47)45-37-22-21-32-15-10-11-19-35(32)37/h4-11,13-17,19-20,23,26-28,37-38,43H,12,18,21-22,24-25,29H2,1-3H3,(H,45,47). The number of ether oxygens (including phenoxy) is 4. The van der Waals surface area contributed by atoms with Gasteiger partial charge in [-0.2, -0.15) is 0 Å². The zero-order valence-corrected chi connectivity index (χ0v) is 29.6. The number of hydrogen-bond acceptors (Lipinski definition) is 6. The van der Waals surface area contributed by atoms with Crippen LogP contribution >= 0.6 is 0 Å². The van der Waals surface area contributed by atoms with Crippen molar-refractivity contribution in [3.8, 4) is 23.0 Å². The van der Waals surface area contributed by atoms with Crippen LogP contribution in [0.1, 0.15) is 69.9 Å². The van der Waals surface area contributed by atoms with Crippen LogP contribution in [-0.4, -0.2) is 38.7 Å². The third-order valence-electron chi connectivity index (χ3n) is 10.3. The van der Waals surface area contributed by atoms with Gasteiger partial charge < -0.3 is 24.3 Å². The molecule has 1 aliphatic heterocycles. The molecule has 0 fully saturated rings. The summed E-state index contributed by atoms with van der Waals surface area (Å²) in [6.07, 6.45) is 4.23. The Morgan fingerprint density at radius 1 is 0.706 bits per heavy atom. The molecule has 51 heavy (non-hydrogen) atoms. The number of carbonyl (C=O) groups excluding carboxylic acids is 1. The first-order valence-electron chi connectivity index (χ1n) is 17.8. The first-order chi connectivity index (χ1) is 25.1. The van der Waals surface area contributed by atoms with Gasteiger partial charge in [-0.25, -0.2) is 0 Å². The van der Waals surface area contributed by atoms with Gasteiger partial charge in [-0.3, -0.25) is 9.69 Å². The van der Waals surface area contributed by atoms with Crippen molar-refractivity contribution < 1.29 is 23.7 Å². The van der Waals surface area contributed by atoms with Crippen LogP contribution in [0.5, 0.6) is 23.0 Å². The molecule has 1 N–H and O–H groups in total. The van der Waals surface area contributed by atoms with Crippen LogP contribution < -0.4 is 24.3 Å². The lowest BCUT2D eigenvalue weighted by Crippen LogP contribution is -2.44. The maximum Gasteiger partial charge on any atom is 0.242 e. The molecule has 1 amide bonds. The Labute approximate surface area is 301 Å². The summed E-state index contributed by atoms with van der Waals surface area (Å²) in [6.45, 7) is 1.14. The van der Waals surface area contributed by atoms with E-state index in [1.807, 2.05) is 48.5 Å². The highest BCUT2D eigenvalue weighted by Crippen LogP contribution is 2.43. The van der Waals surface area contributed by atoms with Crippen LogP contribution in [0.15, 0.2) is 115 Å². The molecule has 1 heterocycles. The summed E-state index contributed by atoms with van der Waals surface area (Å²) in [4.78, 5) is 17.2. The zero-order chi connectivity index (χ0) is 35.2. The smallest absolute Gasteiger partial charge is 0.242 e. The monoisotopic (exact) mass is 682 g/mol. The quantitative estimate of drug-likeness (QED) is 0.143. The van der Waals surface area contributed by atoms with Gasteiger partial charge in [0.1, 0.15) is 12.6 Å². The number of carbonyl (C=O) groups is 1. The zero-order valence-electron chi connectivity index (χ0n) is 29.6. The molecule has 0 saturated heterocycles. The Hall–Kier alpha value is -5.27. The van der Waals surface area contributed by atoms with Crippen molar-refractivity contribution in [2.75, 3.05) is 27.9 Å². The van der Waals surface area contributed by atoms with Gasteiger partial charge in [-0.05, 0) is 95.3 Å². The SMILES string of the molecule is COc1ccc(CC2c3cc(OCc4ccccc4)c(OC)cc3CCCN2C(C(=O)NC2CCc3ccccc32)c2ccccc2)cc1OC. The van der Waals surface area contributed by atoms with Crippen LogP contribution in [0.4, 0.5) is 0 Å². The van der Waals surface area contributed by atoms with Gasteiger partial charge in [0.15, 0.2) is 23.0 Å². The van der Waals surface area contributed by atoms with E-state index in [9.17, 15) is 4.79 Å². The Morgan fingerprint density at radius 2 is 1.41 bits per heavy atom. The largest absolute Gasteiger partial charge is 0.493 e. The predicted octanol–water partition coefficient (Wildman–Crippen LogP) is 8.37. The van der Waals surface area contributed by atoms with Crippen molar-refractivity contribution in [3.63, 3.8) is 0 Å². The molecule has 2 aliphatic rings. The normalized spacial score (nSPS) is 17.4. The van der Waals surface area contributed by atoms with E-state index in [4.69, 9.17) is 18.9 Å². The number of aryl methyl sites for hydroxylation is 2. The molecule has 7 nitrogen and oxygen atoms in total. The van der Waals surface area contributed by atoms with Crippen molar-refractivity contribution in [1.82, 2.24) is 10.2 Å². The lowest BCUT2D eigenvalue weighted by molar-refractivity contribution is -0.128. The second-order valence-corrected chi connectivity index (χ2v) is 13.3. The molecule has 1 aliphatic carbocycles. The second kappa shape index (κ2) is 15.7. The average molecular weight is 683 g/mol. The summed E-state index contributed by atoms with van der Waals surface area (Å²) in [5, 5.41) is 3.50. The van der Waals surface area contributed by atoms with Gasteiger partial charge in [0.2, 0.25) is 5.91 Å². The minimum atomic E-state index is -0.522. The molecule has 7 heteroatoms. The lowest BCUT2D eigenvalue weighted by Gasteiger charge is -2.38. The van der Waals surface area contributed by atoms with E-state index in [1.165, 1.54) is 16.7 Å². The van der Waals surface area contributed by atoms with Crippen LogP contribution in [0.25, 0.3) is 0 Å². The van der Waals surface area contributed by atoms with Crippen molar-refractivity contribution in [2.24, 2.45) is 0 Å². The van der Waals surface area contributed by atoms with E-state index < -0.39 is 6.04 Å². The van der Waals surface area contributed by atoms with Crippen LogP contribution in [0.2, 0.25) is 0 Å². The summed E-state index contributed by atoms with van der Waals surface area (Å²) in [5.74, 6) is 2.76. The predicted molar refractivity (Wildman–Crippen MR) is 200 cm³/mol. The number of benzene rings is 5. The molecule has 0 spiro atoms. The maximum atomic E-state index is 14.8. The molecule has 3 atom stereocenters. The second-order valence-electron chi connectivity index (χ2n) is 13.3. The number of nitrogens with one attached hydrogen (secondary N) is 1. The van der Waals surface area contributed by atoms with Gasteiger partial charge in [-0.15, -0.1) is 0 Å². The minimum absolute atomic E-state index is 0.0118. The van der Waals surface area contributed by atoms with Crippen molar-refractivity contribution in [3.05, 3.63) is 154 Å². The van der Waals surface area contributed by atoms with Crippen LogP contribution in [0, 0.1) is 0 Å². The summed E-state index contributed by atoms with van der Waals surface area (Å²) in [7, 11) is 5.00. The molecule has 3 unspecified atom stereocenters. The highest BCUT2D eigenvalue weighted by atomic mass is 16.5. The Kier molecular flexibility index (Phi) is 10.5. The number of methoxy groups -OCH3 is 3. The van der Waals surface area contributed by atoms with Gasteiger partial charge in [0.05, 0.1) is 27.4 Å². The summed E-state index contributed by atoms with van der Waals surface area (Å²) >= 11 is 0. The summed E-state index contributed by atoms with van der Waals surface area (Å²) < 4.78 is 23.7. The van der Waals surface area contributed by atoms with Crippen LogP contribution in [-0.2, 0) is 30.7 Å². The van der Waals surface area contributed by atoms with Crippen molar-refractivity contribution in [1.29, 1.82) is 0 Å². The molecule has 0 bridgehead atoms. The third kappa shape index (κ3) is 7.45. The molecule has 5 aromatic carbocycles. The summed E-state index contributed by atoms with van der Waals surface area (Å²) in [5.41, 5.74) is 7.98. The first-order valence-corrected chi connectivity index (χ1v) is 17.8. The lowest BCUT2D eigenvalue weighted by atomic mass is 9.91. The third-order valence-corrected chi connectivity index (χ3v) is 10.3. The van der Waals surface area contributed by atoms with Crippen molar-refractivity contribution >= 4 is 5.91 Å². The number of fused-ring (bicyclic) bond motifs is 2. The molecule has 0 aromatic heterocycles. The average Bonchev–Trinajstić information content (AvgIpc) is 3.50. The highest BCUT2D eigenvalue weighted by molar-refractivity contribution is 5.84. The van der Waals surface area contributed by atoms with E-state index in [2.05, 4.69) is 76.9 Å². The van der Waals surface area contributed by atoms with Gasteiger partial charge in [0.25, 0.3) is 0 Å². The molecule has 262 valence electrons. The maximum absolute atomic E-state index is 14.8.